The fourth-order valence-electron chi connectivity index (χ4n) is 4.86. The van der Waals surface area contributed by atoms with Gasteiger partial charge in [-0.2, -0.15) is 0 Å². The molecule has 42 heavy (non-hydrogen) atoms. The van der Waals surface area contributed by atoms with Crippen LogP contribution in [-0.2, 0) is 0 Å². The number of nitrogens with zero attached hydrogens (tertiary/aromatic N) is 6. The number of ether oxygens (including phenoxy) is 1. The molecule has 0 atom stereocenters. The minimum atomic E-state index is 0.0818. The van der Waals surface area contributed by atoms with Crippen LogP contribution in [0.4, 0.5) is 0 Å². The first-order valence-electron chi connectivity index (χ1n) is 13.5. The summed E-state index contributed by atoms with van der Waals surface area (Å²) in [4.78, 5) is 27.9. The predicted molar refractivity (Wildman–Crippen MR) is 162 cm³/mol. The zero-order valence-corrected chi connectivity index (χ0v) is 23.7. The smallest absolute Gasteiger partial charge is 0.219 e. The van der Waals surface area contributed by atoms with Crippen LogP contribution in [0.3, 0.4) is 0 Å². The van der Waals surface area contributed by atoms with E-state index in [2.05, 4.69) is 15.0 Å². The molecule has 0 saturated carbocycles. The molecule has 6 aromatic rings. The number of hydrogen-bond acceptors (Lipinski definition) is 8. The molecule has 0 unspecified atom stereocenters. The van der Waals surface area contributed by atoms with Crippen molar-refractivity contribution in [2.45, 2.75) is 27.7 Å². The Morgan fingerprint density at radius 3 is 1.67 bits per heavy atom. The van der Waals surface area contributed by atoms with E-state index < -0.39 is 0 Å². The summed E-state index contributed by atoms with van der Waals surface area (Å²) < 4.78 is 6.20. The van der Waals surface area contributed by atoms with Gasteiger partial charge in [-0.1, -0.05) is 18.2 Å². The van der Waals surface area contributed by atoms with Gasteiger partial charge in [0.25, 0.3) is 0 Å². The molecule has 2 aromatic carbocycles. The van der Waals surface area contributed by atoms with Crippen LogP contribution in [-0.4, -0.2) is 35.0 Å². The molecule has 0 aliphatic carbocycles. The number of hydrogen-bond donors (Lipinski definition) is 1. The maximum absolute atomic E-state index is 10.7. The predicted octanol–water partition coefficient (Wildman–Crippen LogP) is 7.46. The van der Waals surface area contributed by atoms with Crippen LogP contribution >= 0.6 is 0 Å². The van der Waals surface area contributed by atoms with E-state index in [1.54, 1.807) is 30.5 Å². The fraction of sp³-hybridized carbons (Fsp3) is 0.118. The van der Waals surface area contributed by atoms with Crippen molar-refractivity contribution in [1.29, 1.82) is 0 Å². The highest BCUT2D eigenvalue weighted by Gasteiger charge is 2.17. The summed E-state index contributed by atoms with van der Waals surface area (Å²) in [6.45, 7) is 7.82. The maximum atomic E-state index is 10.7. The highest BCUT2D eigenvalue weighted by molar-refractivity contribution is 5.75. The molecule has 8 nitrogen and oxygen atoms in total. The van der Waals surface area contributed by atoms with Crippen LogP contribution in [0.1, 0.15) is 22.8 Å². The van der Waals surface area contributed by atoms with E-state index in [1.807, 2.05) is 88.4 Å². The monoisotopic (exact) mass is 552 g/mol. The number of rotatable bonds is 6. The summed E-state index contributed by atoms with van der Waals surface area (Å²) in [7, 11) is 0. The normalized spacial score (nSPS) is 11.0. The van der Waals surface area contributed by atoms with Crippen LogP contribution in [0, 0.1) is 27.7 Å². The van der Waals surface area contributed by atoms with E-state index >= 15 is 0 Å². The van der Waals surface area contributed by atoms with Crippen LogP contribution in [0.5, 0.6) is 17.4 Å². The van der Waals surface area contributed by atoms with Crippen molar-refractivity contribution < 1.29 is 9.84 Å². The molecular formula is C34H28N6O2. The van der Waals surface area contributed by atoms with Gasteiger partial charge in [-0.05, 0) is 99.5 Å². The molecule has 4 aromatic heterocycles. The number of phenolic OH excluding ortho intramolecular Hbond substituents is 1. The Balaban J connectivity index is 1.58. The number of aromatic nitrogens is 6. The second-order valence-electron chi connectivity index (χ2n) is 10.1. The lowest BCUT2D eigenvalue weighted by atomic mass is 10.0. The quantitative estimate of drug-likeness (QED) is 0.227. The van der Waals surface area contributed by atoms with Crippen LogP contribution in [0.2, 0.25) is 0 Å². The van der Waals surface area contributed by atoms with Gasteiger partial charge in [-0.15, -0.1) is 0 Å². The summed E-state index contributed by atoms with van der Waals surface area (Å²) in [5, 5.41) is 10.7. The lowest BCUT2D eigenvalue weighted by Gasteiger charge is -2.13. The highest BCUT2D eigenvalue weighted by Crippen LogP contribution is 2.35. The zero-order chi connectivity index (χ0) is 29.2. The topological polar surface area (TPSA) is 107 Å². The number of aromatic hydroxyl groups is 1. The van der Waals surface area contributed by atoms with Gasteiger partial charge >= 0.3 is 0 Å². The summed E-state index contributed by atoms with van der Waals surface area (Å²) in [5.74, 6) is 2.39. The Labute approximate surface area is 243 Å². The minimum Gasteiger partial charge on any atom is -0.507 e. The lowest BCUT2D eigenvalue weighted by Crippen LogP contribution is -2.02. The second-order valence-corrected chi connectivity index (χ2v) is 10.1. The first-order chi connectivity index (χ1) is 20.3. The largest absolute Gasteiger partial charge is 0.507 e. The molecule has 0 aliphatic rings. The summed E-state index contributed by atoms with van der Waals surface area (Å²) >= 11 is 0. The number of pyridine rings is 3. The second kappa shape index (κ2) is 11.2. The Morgan fingerprint density at radius 1 is 0.524 bits per heavy atom. The standard InChI is InChI=1S/C34H28N6O2/c1-20-13-24(14-21(2)36-20)25-17-27(19-28(18-25)42-31-11-7-8-12-35-31)33-38-32(26-15-22(3)37-23(4)16-26)39-34(40-33)29-9-5-6-10-30(29)41/h5-19,41H,1-4H3. The molecule has 0 aliphatic heterocycles. The first kappa shape index (κ1) is 26.7. The molecule has 4 heterocycles. The van der Waals surface area contributed by atoms with Gasteiger partial charge in [0.1, 0.15) is 11.5 Å². The van der Waals surface area contributed by atoms with Gasteiger partial charge in [0.05, 0.1) is 5.56 Å². The van der Waals surface area contributed by atoms with Crippen molar-refractivity contribution in [2.24, 2.45) is 0 Å². The van der Waals surface area contributed by atoms with Crippen molar-refractivity contribution in [1.82, 2.24) is 29.9 Å². The van der Waals surface area contributed by atoms with Crippen molar-refractivity contribution in [3.8, 4) is 62.7 Å². The number of para-hydroxylation sites is 1. The molecule has 0 radical (unpaired) electrons. The Morgan fingerprint density at radius 2 is 1.05 bits per heavy atom. The first-order valence-corrected chi connectivity index (χ1v) is 13.5. The zero-order valence-electron chi connectivity index (χ0n) is 23.7. The van der Waals surface area contributed by atoms with Crippen LogP contribution < -0.4 is 4.74 Å². The van der Waals surface area contributed by atoms with E-state index in [4.69, 9.17) is 19.7 Å². The summed E-state index contributed by atoms with van der Waals surface area (Å²) in [6.07, 6.45) is 1.69. The van der Waals surface area contributed by atoms with Crippen molar-refractivity contribution in [3.63, 3.8) is 0 Å². The molecule has 6 rings (SSSR count). The van der Waals surface area contributed by atoms with E-state index in [-0.39, 0.29) is 5.75 Å². The average Bonchev–Trinajstić information content (AvgIpc) is 2.96. The van der Waals surface area contributed by atoms with E-state index in [0.29, 0.717) is 40.2 Å². The molecule has 0 spiro atoms. The summed E-state index contributed by atoms with van der Waals surface area (Å²) in [6, 6.07) is 26.3. The number of benzene rings is 2. The third-order valence-corrected chi connectivity index (χ3v) is 6.56. The molecule has 0 bridgehead atoms. The third-order valence-electron chi connectivity index (χ3n) is 6.56. The maximum Gasteiger partial charge on any atom is 0.219 e. The average molecular weight is 553 g/mol. The molecule has 0 saturated heterocycles. The number of phenols is 1. The van der Waals surface area contributed by atoms with Crippen molar-refractivity contribution in [2.75, 3.05) is 0 Å². The molecule has 8 heteroatoms. The summed E-state index contributed by atoms with van der Waals surface area (Å²) in [5.41, 5.74) is 7.46. The van der Waals surface area contributed by atoms with Gasteiger partial charge in [-0.25, -0.2) is 19.9 Å². The third kappa shape index (κ3) is 5.83. The van der Waals surface area contributed by atoms with Crippen molar-refractivity contribution >= 4 is 0 Å². The minimum absolute atomic E-state index is 0.0818. The van der Waals surface area contributed by atoms with Crippen LogP contribution in [0.15, 0.2) is 91.1 Å². The van der Waals surface area contributed by atoms with Gasteiger partial charge < -0.3 is 9.84 Å². The Bertz CT molecular complexity index is 1880. The molecule has 206 valence electrons. The van der Waals surface area contributed by atoms with Crippen LogP contribution in [0.25, 0.3) is 45.3 Å². The van der Waals surface area contributed by atoms with Crippen molar-refractivity contribution in [3.05, 3.63) is 114 Å². The fourth-order valence-corrected chi connectivity index (χ4v) is 4.86. The SMILES string of the molecule is Cc1cc(-c2cc(Oc3ccccn3)cc(-c3nc(-c4cc(C)nc(C)c4)nc(-c4ccccc4O)n3)c2)cc(C)n1. The van der Waals surface area contributed by atoms with Gasteiger partial charge in [0.15, 0.2) is 17.5 Å². The lowest BCUT2D eigenvalue weighted by molar-refractivity contribution is 0.463. The Hall–Kier alpha value is -5.50. The molecular weight excluding hydrogens is 524 g/mol. The van der Waals surface area contributed by atoms with E-state index in [1.165, 1.54) is 0 Å². The molecule has 0 amide bonds. The van der Waals surface area contributed by atoms with Gasteiger partial charge in [0.2, 0.25) is 5.88 Å². The number of aryl methyl sites for hydroxylation is 4. The van der Waals surface area contributed by atoms with Gasteiger partial charge in [-0.3, -0.25) is 9.97 Å². The highest BCUT2D eigenvalue weighted by atomic mass is 16.5. The van der Waals surface area contributed by atoms with Gasteiger partial charge in [0, 0.05) is 46.2 Å². The molecule has 1 N–H and O–H groups in total. The van der Waals surface area contributed by atoms with E-state index in [9.17, 15) is 5.11 Å². The van der Waals surface area contributed by atoms with E-state index in [0.717, 1.165) is 39.5 Å². The molecule has 0 fully saturated rings. The Kier molecular flexibility index (Phi) is 7.10.